The van der Waals surface area contributed by atoms with E-state index in [-0.39, 0.29) is 11.5 Å². The summed E-state index contributed by atoms with van der Waals surface area (Å²) in [5, 5.41) is 0.0462. The predicted octanol–water partition coefficient (Wildman–Crippen LogP) is 9.59. The first kappa shape index (κ1) is 38.4. The van der Waals surface area contributed by atoms with Gasteiger partial charge in [0.05, 0.1) is 23.6 Å². The van der Waals surface area contributed by atoms with E-state index in [0.29, 0.717) is 59.9 Å². The quantitative estimate of drug-likeness (QED) is 0.234. The molecule has 5 atom stereocenters. The Morgan fingerprint density at radius 3 is 2.41 bits per heavy atom. The van der Waals surface area contributed by atoms with Crippen LogP contribution in [0.1, 0.15) is 115 Å². The van der Waals surface area contributed by atoms with Crippen LogP contribution in [0.15, 0.2) is 48.6 Å². The molecular formula is C41H59ClN2O5SSi. The average Bonchev–Trinajstić information content (AvgIpc) is 3.20. The molecule has 2 heterocycles. The maximum atomic E-state index is 13.8. The van der Waals surface area contributed by atoms with E-state index in [1.54, 1.807) is 6.07 Å². The molecule has 6 rings (SSSR count). The fourth-order valence-corrected chi connectivity index (χ4v) is 17.1. The maximum Gasteiger partial charge on any atom is 0.264 e. The van der Waals surface area contributed by atoms with Crippen LogP contribution in [0.2, 0.25) is 21.6 Å². The summed E-state index contributed by atoms with van der Waals surface area (Å²) in [7, 11) is -6.20. The minimum absolute atomic E-state index is 0.183. The average molecular weight is 756 g/mol. The Labute approximate surface area is 313 Å². The summed E-state index contributed by atoms with van der Waals surface area (Å²) < 4.78 is 44.1. The van der Waals surface area contributed by atoms with Gasteiger partial charge in [0.15, 0.2) is 0 Å². The Hall–Kier alpha value is -2.33. The number of anilines is 1. The van der Waals surface area contributed by atoms with Crippen molar-refractivity contribution in [3.8, 4) is 5.75 Å². The zero-order valence-electron chi connectivity index (χ0n) is 31.7. The highest BCUT2D eigenvalue weighted by molar-refractivity contribution is 7.90. The number of carbonyl (C=O) groups is 1. The summed E-state index contributed by atoms with van der Waals surface area (Å²) in [6.45, 7) is 17.8. The number of fused-ring (bicyclic) bond motifs is 4. The molecule has 0 saturated heterocycles. The number of allylic oxidation sites excluding steroid dienone is 1. The van der Waals surface area contributed by atoms with Gasteiger partial charge in [-0.25, -0.2) is 13.1 Å². The van der Waals surface area contributed by atoms with Gasteiger partial charge in [0.25, 0.3) is 5.91 Å². The van der Waals surface area contributed by atoms with Crippen molar-refractivity contribution in [2.24, 2.45) is 11.8 Å². The molecule has 1 spiro atoms. The summed E-state index contributed by atoms with van der Waals surface area (Å²) in [6.07, 6.45) is 11.2. The molecule has 1 saturated carbocycles. The van der Waals surface area contributed by atoms with Gasteiger partial charge in [-0.2, -0.15) is 0 Å². The largest absolute Gasteiger partial charge is 0.490 e. The van der Waals surface area contributed by atoms with Crippen molar-refractivity contribution in [1.29, 1.82) is 0 Å². The summed E-state index contributed by atoms with van der Waals surface area (Å²) >= 11 is 6.47. The van der Waals surface area contributed by atoms with Gasteiger partial charge < -0.3 is 14.1 Å². The van der Waals surface area contributed by atoms with Gasteiger partial charge in [0.1, 0.15) is 5.75 Å². The zero-order valence-corrected chi connectivity index (χ0v) is 34.3. The summed E-state index contributed by atoms with van der Waals surface area (Å²) in [6, 6.07) is 11.7. The Morgan fingerprint density at radius 2 is 1.75 bits per heavy atom. The van der Waals surface area contributed by atoms with E-state index in [0.717, 1.165) is 61.7 Å². The third kappa shape index (κ3) is 7.56. The number of nitrogens with zero attached hydrogens (tertiary/aromatic N) is 1. The number of benzene rings is 2. The fourth-order valence-electron chi connectivity index (χ4n) is 9.95. The molecule has 4 aliphatic rings. The Morgan fingerprint density at radius 1 is 1.00 bits per heavy atom. The molecule has 10 heteroatoms. The van der Waals surface area contributed by atoms with Crippen molar-refractivity contribution >= 4 is 41.5 Å². The van der Waals surface area contributed by atoms with Crippen LogP contribution in [0.5, 0.6) is 5.75 Å². The van der Waals surface area contributed by atoms with E-state index in [4.69, 9.17) is 20.8 Å². The van der Waals surface area contributed by atoms with Crippen molar-refractivity contribution in [3.63, 3.8) is 0 Å². The molecule has 2 aliphatic carbocycles. The van der Waals surface area contributed by atoms with Gasteiger partial charge >= 0.3 is 0 Å². The van der Waals surface area contributed by atoms with Gasteiger partial charge in [0, 0.05) is 29.1 Å². The van der Waals surface area contributed by atoms with Gasteiger partial charge in [-0.05, 0) is 121 Å². The van der Waals surface area contributed by atoms with Crippen LogP contribution in [0.25, 0.3) is 0 Å². The monoisotopic (exact) mass is 754 g/mol. The van der Waals surface area contributed by atoms with Crippen LogP contribution in [0.4, 0.5) is 5.69 Å². The second kappa shape index (κ2) is 15.2. The summed E-state index contributed by atoms with van der Waals surface area (Å²) in [5.41, 5.74) is 4.77. The number of halogens is 1. The lowest BCUT2D eigenvalue weighted by Crippen LogP contribution is -2.50. The highest BCUT2D eigenvalue weighted by Gasteiger charge is 2.47. The lowest BCUT2D eigenvalue weighted by atomic mass is 9.69. The standard InChI is InChI=1S/C41H59ClN2O5SSi/c1-8-36-18-17-35(49-51(27(2)3,28(4)5)29(6)7)16-13-30-11-12-33(30)24-44-25-41(21-9-10-31-22-34(42)15-19-37(31)41)26-48-39-20-14-32(23-38(39)44)40(45)43-50(36,46)47/h13-16,19-20,22-23,27-30,33,35-36H,8-12,17-18,21,24-26H2,1-7H3,(H,43,45)/b16-13+/t30-,33-,35-,36+,41-/m0/s1. The Balaban J connectivity index is 1.40. The minimum atomic E-state index is -3.95. The van der Waals surface area contributed by atoms with E-state index in [2.05, 4.69) is 75.4 Å². The van der Waals surface area contributed by atoms with Crippen molar-refractivity contribution in [2.45, 2.75) is 133 Å². The van der Waals surface area contributed by atoms with Gasteiger partial charge in [-0.15, -0.1) is 0 Å². The van der Waals surface area contributed by atoms with E-state index in [1.807, 2.05) is 25.1 Å². The molecule has 0 unspecified atom stereocenters. The Bertz CT molecular complexity index is 1710. The number of rotatable bonds is 6. The Kier molecular flexibility index (Phi) is 11.4. The molecule has 2 aliphatic heterocycles. The van der Waals surface area contributed by atoms with Crippen molar-refractivity contribution < 1.29 is 22.4 Å². The SMILES string of the molecule is CC[C@@H]1CC[C@@H](O[Si](C(C)C)(C(C)C)C(C)C)/C=C/[C@@H]2CC[C@H]2CN2C[C@@]3(CCCc4cc(Cl)ccc43)COc3ccc(cc32)C(=O)NS1(=O)=O. The second-order valence-corrected chi connectivity index (χ2v) is 24.5. The number of ether oxygens (including phenoxy) is 1. The normalized spacial score (nSPS) is 28.8. The lowest BCUT2D eigenvalue weighted by Gasteiger charge is -2.45. The first-order chi connectivity index (χ1) is 24.2. The number of hydrogen-bond acceptors (Lipinski definition) is 6. The first-order valence-corrected chi connectivity index (χ1v) is 23.5. The highest BCUT2D eigenvalue weighted by atomic mass is 35.5. The molecular weight excluding hydrogens is 696 g/mol. The van der Waals surface area contributed by atoms with E-state index in [9.17, 15) is 13.2 Å². The van der Waals surface area contributed by atoms with Crippen LogP contribution in [-0.2, 0) is 26.3 Å². The maximum absolute atomic E-state index is 13.8. The summed E-state index contributed by atoms with van der Waals surface area (Å²) in [4.78, 5) is 16.2. The molecule has 0 radical (unpaired) electrons. The molecule has 2 bridgehead atoms. The lowest BCUT2D eigenvalue weighted by molar-refractivity contribution is 0.0981. The third-order valence-corrected chi connectivity index (χ3v) is 21.0. The first-order valence-electron chi connectivity index (χ1n) is 19.4. The van der Waals surface area contributed by atoms with Crippen molar-refractivity contribution in [1.82, 2.24) is 4.72 Å². The molecule has 1 amide bonds. The van der Waals surface area contributed by atoms with Crippen molar-refractivity contribution in [2.75, 3.05) is 24.6 Å². The molecule has 7 nitrogen and oxygen atoms in total. The van der Waals surface area contributed by atoms with Crippen molar-refractivity contribution in [3.05, 3.63) is 70.3 Å². The molecule has 1 fully saturated rings. The number of aryl methyl sites for hydroxylation is 1. The highest BCUT2D eigenvalue weighted by Crippen LogP contribution is 2.47. The number of nitrogens with one attached hydrogen (secondary N) is 1. The van der Waals surface area contributed by atoms with Gasteiger partial charge in [0.2, 0.25) is 18.3 Å². The molecule has 51 heavy (non-hydrogen) atoms. The zero-order chi connectivity index (χ0) is 36.7. The second-order valence-electron chi connectivity index (χ2n) is 16.7. The number of hydrogen-bond donors (Lipinski definition) is 1. The molecule has 1 N–H and O–H groups in total. The molecule has 2 aromatic rings. The number of amides is 1. The third-order valence-electron chi connectivity index (χ3n) is 12.8. The minimum Gasteiger partial charge on any atom is -0.490 e. The van der Waals surface area contributed by atoms with Gasteiger partial charge in [-0.1, -0.05) is 78.3 Å². The van der Waals surface area contributed by atoms with Crippen LogP contribution < -0.4 is 14.4 Å². The van der Waals surface area contributed by atoms with Crippen LogP contribution in [-0.4, -0.2) is 53.7 Å². The van der Waals surface area contributed by atoms with E-state index < -0.39 is 29.5 Å². The van der Waals surface area contributed by atoms with Gasteiger partial charge in [-0.3, -0.25) is 4.79 Å². The molecule has 0 aromatic heterocycles. The topological polar surface area (TPSA) is 84.9 Å². The fraction of sp³-hybridized carbons (Fsp3) is 0.634. The van der Waals surface area contributed by atoms with Crippen LogP contribution >= 0.6 is 11.6 Å². The van der Waals surface area contributed by atoms with Crippen LogP contribution in [0.3, 0.4) is 0 Å². The van der Waals surface area contributed by atoms with E-state index in [1.165, 1.54) is 11.1 Å². The predicted molar refractivity (Wildman–Crippen MR) is 211 cm³/mol. The van der Waals surface area contributed by atoms with Crippen LogP contribution in [0, 0.1) is 11.8 Å². The number of sulfonamides is 1. The molecule has 280 valence electrons. The smallest absolute Gasteiger partial charge is 0.264 e. The summed E-state index contributed by atoms with van der Waals surface area (Å²) in [5.74, 6) is 0.974. The van der Waals surface area contributed by atoms with E-state index >= 15 is 0 Å². The number of carbonyl (C=O) groups excluding carboxylic acids is 1. The molecule has 2 aromatic carbocycles.